The number of nitrogen functional groups attached to an aromatic ring is 1. The summed E-state index contributed by atoms with van der Waals surface area (Å²) in [6.07, 6.45) is -15.0. The number of nitrogens with zero attached hydrogens (tertiary/aromatic N) is 2. The SMILES string of the molecule is Nc1ccn([C@H]2O[C@@H](COP(=O)([O-])OP(=O)([O-])OC[C@H]3O[C@H](O)[C@H](O)[C@@H](O)[C@@H]3O)[C@H](O)[C@@H]2O)c(=O)n1.[Na+].[Na+]. The van der Waals surface area contributed by atoms with Crippen LogP contribution in [0, 0.1) is 0 Å². The van der Waals surface area contributed by atoms with Crippen LogP contribution < -0.4 is 80.3 Å². The van der Waals surface area contributed by atoms with E-state index in [0.717, 1.165) is 10.8 Å². The number of anilines is 1. The van der Waals surface area contributed by atoms with Crippen LogP contribution in [0.25, 0.3) is 0 Å². The molecular formula is C15H23N3Na2O16P2. The summed E-state index contributed by atoms with van der Waals surface area (Å²) in [5.41, 5.74) is 4.42. The summed E-state index contributed by atoms with van der Waals surface area (Å²) in [4.78, 5) is 39.2. The first kappa shape index (κ1) is 36.6. The average molecular weight is 609 g/mol. The summed E-state index contributed by atoms with van der Waals surface area (Å²) in [7, 11) is -11.4. The Kier molecular flexibility index (Phi) is 14.2. The quantitative estimate of drug-likeness (QED) is 0.101. The molecule has 2 aliphatic rings. The van der Waals surface area contributed by atoms with E-state index in [0.29, 0.717) is 0 Å². The normalized spacial score (nSPS) is 36.4. The van der Waals surface area contributed by atoms with Crippen LogP contribution in [-0.4, -0.2) is 102 Å². The number of ether oxygens (including phenoxy) is 2. The number of aromatic nitrogens is 2. The molecule has 23 heteroatoms. The van der Waals surface area contributed by atoms with Crippen LogP contribution in [0.15, 0.2) is 17.1 Å². The van der Waals surface area contributed by atoms with Crippen molar-refractivity contribution >= 4 is 21.5 Å². The Hall–Kier alpha value is 0.620. The van der Waals surface area contributed by atoms with E-state index < -0.39 is 89.8 Å². The molecule has 1 aromatic heterocycles. The summed E-state index contributed by atoms with van der Waals surface area (Å²) < 4.78 is 47.0. The molecule has 0 saturated carbocycles. The Morgan fingerprint density at radius 2 is 1.39 bits per heavy atom. The van der Waals surface area contributed by atoms with E-state index in [2.05, 4.69) is 23.1 Å². The average Bonchev–Trinajstić information content (AvgIpc) is 3.05. The second-order valence-electron chi connectivity index (χ2n) is 7.69. The molecule has 0 amide bonds. The number of phosphoric acid groups is 2. The maximum absolute atomic E-state index is 12.0. The summed E-state index contributed by atoms with van der Waals surface area (Å²) in [6, 6.07) is 1.19. The summed E-state index contributed by atoms with van der Waals surface area (Å²) >= 11 is 0. The van der Waals surface area contributed by atoms with Gasteiger partial charge in [-0.3, -0.25) is 13.7 Å². The molecule has 11 atom stereocenters. The van der Waals surface area contributed by atoms with Gasteiger partial charge in [-0.15, -0.1) is 0 Å². The standard InChI is InChI=1S/C15H25N3O16P2.2Na/c16-7-1-2-18(15(25)17-7)13-11(22)9(20)5(32-13)3-30-35(26,27)34-36(28,29)31-4-6-8(19)10(21)12(23)14(24)33-6;;/h1-2,5-6,8-14,19-24H,3-4H2,(H,26,27)(H,28,29)(H2,16,17,25);;/q;2*+1/p-2/t5-,6+,8+,9-,10-,11-,12+,13-,14-;;/m0../s1. The van der Waals surface area contributed by atoms with E-state index in [1.165, 1.54) is 6.07 Å². The Morgan fingerprint density at radius 3 is 1.92 bits per heavy atom. The third-order valence-corrected chi connectivity index (χ3v) is 7.67. The molecule has 0 bridgehead atoms. The minimum atomic E-state index is -5.71. The van der Waals surface area contributed by atoms with Gasteiger partial charge in [0.2, 0.25) is 0 Å². The van der Waals surface area contributed by atoms with E-state index in [1.54, 1.807) is 0 Å². The zero-order chi connectivity index (χ0) is 27.0. The molecule has 2 unspecified atom stereocenters. The van der Waals surface area contributed by atoms with Crippen molar-refractivity contribution in [2.24, 2.45) is 0 Å². The van der Waals surface area contributed by atoms with E-state index in [4.69, 9.17) is 10.5 Å². The van der Waals surface area contributed by atoms with Crippen molar-refractivity contribution in [3.63, 3.8) is 0 Å². The third kappa shape index (κ3) is 9.06. The minimum absolute atomic E-state index is 0. The van der Waals surface area contributed by atoms with Crippen molar-refractivity contribution in [1.82, 2.24) is 9.55 Å². The molecule has 0 aliphatic carbocycles. The van der Waals surface area contributed by atoms with Gasteiger partial charge < -0.3 is 64.7 Å². The first-order valence-electron chi connectivity index (χ1n) is 9.98. The molecule has 0 aromatic carbocycles. The van der Waals surface area contributed by atoms with Crippen LogP contribution in [-0.2, 0) is 32.0 Å². The molecule has 8 N–H and O–H groups in total. The van der Waals surface area contributed by atoms with Crippen molar-refractivity contribution in [2.45, 2.75) is 55.2 Å². The Balaban J connectivity index is 0.00000361. The molecule has 0 spiro atoms. The molecule has 3 rings (SSSR count). The van der Waals surface area contributed by atoms with E-state index >= 15 is 0 Å². The molecule has 1 aromatic rings. The smallest absolute Gasteiger partial charge is 0.756 e. The van der Waals surface area contributed by atoms with Crippen LogP contribution >= 0.6 is 15.6 Å². The number of aliphatic hydroxyl groups is 6. The van der Waals surface area contributed by atoms with Gasteiger partial charge in [-0.05, 0) is 6.07 Å². The van der Waals surface area contributed by atoms with Crippen LogP contribution in [0.3, 0.4) is 0 Å². The van der Waals surface area contributed by atoms with Crippen molar-refractivity contribution in [2.75, 3.05) is 18.9 Å². The zero-order valence-corrected chi connectivity index (χ0v) is 25.7. The van der Waals surface area contributed by atoms with Gasteiger partial charge in [0.1, 0.15) is 48.5 Å². The van der Waals surface area contributed by atoms with Crippen molar-refractivity contribution < 1.29 is 132 Å². The van der Waals surface area contributed by atoms with Crippen molar-refractivity contribution in [3.8, 4) is 0 Å². The first-order valence-corrected chi connectivity index (χ1v) is 12.9. The largest absolute Gasteiger partial charge is 1.00 e. The maximum atomic E-state index is 12.0. The molecule has 0 radical (unpaired) electrons. The van der Waals surface area contributed by atoms with Crippen LogP contribution in [0.2, 0.25) is 0 Å². The molecule has 206 valence electrons. The topological polar surface area (TPSA) is 309 Å². The second kappa shape index (κ2) is 14.7. The van der Waals surface area contributed by atoms with Gasteiger partial charge in [-0.25, -0.2) is 9.11 Å². The van der Waals surface area contributed by atoms with Crippen LogP contribution in [0.5, 0.6) is 0 Å². The van der Waals surface area contributed by atoms with E-state index in [-0.39, 0.29) is 64.9 Å². The van der Waals surface area contributed by atoms with Gasteiger partial charge in [-0.2, -0.15) is 4.98 Å². The van der Waals surface area contributed by atoms with Gasteiger partial charge in [0.05, 0.1) is 13.2 Å². The minimum Gasteiger partial charge on any atom is -0.756 e. The van der Waals surface area contributed by atoms with Gasteiger partial charge in [0, 0.05) is 6.20 Å². The molecular weight excluding hydrogens is 586 g/mol. The van der Waals surface area contributed by atoms with Crippen molar-refractivity contribution in [1.29, 1.82) is 0 Å². The van der Waals surface area contributed by atoms with Crippen LogP contribution in [0.1, 0.15) is 6.23 Å². The van der Waals surface area contributed by atoms with E-state index in [1.807, 2.05) is 0 Å². The summed E-state index contributed by atoms with van der Waals surface area (Å²) in [5, 5.41) is 58.3. The zero-order valence-electron chi connectivity index (χ0n) is 19.9. The number of hydrogen-bond donors (Lipinski definition) is 7. The molecule has 2 aliphatic heterocycles. The third-order valence-electron chi connectivity index (χ3n) is 5.14. The Morgan fingerprint density at radius 1 is 0.895 bits per heavy atom. The van der Waals surface area contributed by atoms with Crippen LogP contribution in [0.4, 0.5) is 5.82 Å². The molecule has 19 nitrogen and oxygen atoms in total. The van der Waals surface area contributed by atoms with Gasteiger partial charge in [0.25, 0.3) is 15.6 Å². The number of nitrogens with two attached hydrogens (primary N) is 1. The van der Waals surface area contributed by atoms with Gasteiger partial charge in [-0.1, -0.05) is 0 Å². The molecule has 38 heavy (non-hydrogen) atoms. The van der Waals surface area contributed by atoms with Gasteiger partial charge in [0.15, 0.2) is 12.5 Å². The number of aliphatic hydroxyl groups excluding tert-OH is 6. The van der Waals surface area contributed by atoms with Gasteiger partial charge >= 0.3 is 64.8 Å². The summed E-state index contributed by atoms with van der Waals surface area (Å²) in [5.74, 6) is -0.132. The summed E-state index contributed by atoms with van der Waals surface area (Å²) in [6.45, 7) is -2.20. The Bertz CT molecular complexity index is 1080. The molecule has 2 saturated heterocycles. The maximum Gasteiger partial charge on any atom is 1.00 e. The van der Waals surface area contributed by atoms with E-state index in [9.17, 15) is 54.4 Å². The predicted molar refractivity (Wildman–Crippen MR) is 106 cm³/mol. The molecule has 3 heterocycles. The fraction of sp³-hybridized carbons (Fsp3) is 0.733. The monoisotopic (exact) mass is 609 g/mol. The first-order chi connectivity index (χ1) is 16.6. The predicted octanol–water partition coefficient (Wildman–Crippen LogP) is -11.8. The Labute approximate surface area is 257 Å². The number of rotatable bonds is 9. The number of hydrogen-bond acceptors (Lipinski definition) is 18. The fourth-order valence-electron chi connectivity index (χ4n) is 3.28. The van der Waals surface area contributed by atoms with Crippen molar-refractivity contribution in [3.05, 3.63) is 22.7 Å². The second-order valence-corrected chi connectivity index (χ2v) is 10.7. The molecule has 2 fully saturated rings. The number of phosphoric ester groups is 2. The fourth-order valence-corrected chi connectivity index (χ4v) is 5.30.